The first kappa shape index (κ1) is 18.8. The number of phenols is 1. The molecule has 0 aliphatic rings. The van der Waals surface area contributed by atoms with Gasteiger partial charge in [-0.25, -0.2) is 0 Å². The molecule has 1 aromatic rings. The van der Waals surface area contributed by atoms with Crippen LogP contribution in [0.3, 0.4) is 0 Å². The Kier molecular flexibility index (Phi) is 9.29. The summed E-state index contributed by atoms with van der Waals surface area (Å²) in [4.78, 5) is 11.6. The standard InChI is InChI=1S/C19H27NO3/c1-3-4-5-6-7-8-9-10-19(22)20-14-13-16-11-12-17(21)18(15-16)23-2/h7-12,15,21H,3-6,13-14H2,1-2H3,(H,20,22). The van der Waals surface area contributed by atoms with E-state index in [1.807, 2.05) is 12.1 Å². The van der Waals surface area contributed by atoms with Crippen molar-refractivity contribution in [3.8, 4) is 11.5 Å². The molecule has 0 heterocycles. The van der Waals surface area contributed by atoms with Gasteiger partial charge in [-0.2, -0.15) is 0 Å². The molecular weight excluding hydrogens is 290 g/mol. The average molecular weight is 317 g/mol. The molecule has 2 N–H and O–H groups in total. The van der Waals surface area contributed by atoms with Crippen LogP contribution in [-0.2, 0) is 11.2 Å². The fraction of sp³-hybridized carbons (Fsp3) is 0.421. The number of rotatable bonds is 10. The molecule has 0 radical (unpaired) electrons. The van der Waals surface area contributed by atoms with Gasteiger partial charge >= 0.3 is 0 Å². The predicted molar refractivity (Wildman–Crippen MR) is 93.8 cm³/mol. The number of unbranched alkanes of at least 4 members (excludes halogenated alkanes) is 3. The third-order valence-electron chi connectivity index (χ3n) is 3.43. The number of hydrogen-bond acceptors (Lipinski definition) is 3. The minimum Gasteiger partial charge on any atom is -0.504 e. The van der Waals surface area contributed by atoms with Crippen molar-refractivity contribution in [2.45, 2.75) is 39.0 Å². The van der Waals surface area contributed by atoms with Gasteiger partial charge in [0.05, 0.1) is 7.11 Å². The molecule has 23 heavy (non-hydrogen) atoms. The van der Waals surface area contributed by atoms with Crippen molar-refractivity contribution in [2.24, 2.45) is 0 Å². The van der Waals surface area contributed by atoms with Crippen LogP contribution < -0.4 is 10.1 Å². The first-order valence-corrected chi connectivity index (χ1v) is 8.14. The highest BCUT2D eigenvalue weighted by Crippen LogP contribution is 2.26. The van der Waals surface area contributed by atoms with E-state index in [2.05, 4.69) is 18.3 Å². The Hall–Kier alpha value is -2.23. The molecule has 0 aromatic heterocycles. The van der Waals surface area contributed by atoms with Crippen molar-refractivity contribution in [3.05, 3.63) is 48.1 Å². The summed E-state index contributed by atoms with van der Waals surface area (Å²) < 4.78 is 5.06. The summed E-state index contributed by atoms with van der Waals surface area (Å²) in [6.45, 7) is 2.72. The molecule has 1 rings (SSSR count). The number of carbonyl (C=O) groups excluding carboxylic acids is 1. The van der Waals surface area contributed by atoms with E-state index in [-0.39, 0.29) is 11.7 Å². The lowest BCUT2D eigenvalue weighted by Crippen LogP contribution is -2.23. The van der Waals surface area contributed by atoms with Crippen LogP contribution >= 0.6 is 0 Å². The molecule has 0 aliphatic carbocycles. The van der Waals surface area contributed by atoms with Gasteiger partial charge in [-0.3, -0.25) is 4.79 Å². The lowest BCUT2D eigenvalue weighted by Gasteiger charge is -2.07. The summed E-state index contributed by atoms with van der Waals surface area (Å²) in [7, 11) is 1.52. The molecule has 4 heteroatoms. The maximum absolute atomic E-state index is 11.6. The van der Waals surface area contributed by atoms with Gasteiger partial charge in [-0.15, -0.1) is 0 Å². The second kappa shape index (κ2) is 11.4. The van der Waals surface area contributed by atoms with E-state index in [0.717, 1.165) is 12.0 Å². The topological polar surface area (TPSA) is 58.6 Å². The number of phenolic OH excluding ortho intramolecular Hbond substituents is 1. The molecule has 0 saturated carbocycles. The fourth-order valence-corrected chi connectivity index (χ4v) is 2.10. The molecule has 0 fully saturated rings. The fourth-order valence-electron chi connectivity index (χ4n) is 2.10. The summed E-state index contributed by atoms with van der Waals surface area (Å²) >= 11 is 0. The van der Waals surface area contributed by atoms with Gasteiger partial charge in [0.2, 0.25) is 5.91 Å². The smallest absolute Gasteiger partial charge is 0.243 e. The van der Waals surface area contributed by atoms with Crippen molar-refractivity contribution in [1.82, 2.24) is 5.32 Å². The summed E-state index contributed by atoms with van der Waals surface area (Å²) in [5, 5.41) is 12.4. The minimum atomic E-state index is -0.103. The summed E-state index contributed by atoms with van der Waals surface area (Å²) in [6, 6.07) is 5.19. The monoisotopic (exact) mass is 317 g/mol. The van der Waals surface area contributed by atoms with Gasteiger partial charge < -0.3 is 15.2 Å². The number of ether oxygens (including phenoxy) is 1. The summed E-state index contributed by atoms with van der Waals surface area (Å²) in [5.41, 5.74) is 1.000. The molecule has 0 atom stereocenters. The minimum absolute atomic E-state index is 0.103. The zero-order valence-corrected chi connectivity index (χ0v) is 14.0. The molecule has 1 amide bonds. The predicted octanol–water partition coefficient (Wildman–Crippen LogP) is 3.75. The van der Waals surface area contributed by atoms with Crippen LogP contribution in [0.1, 0.15) is 38.2 Å². The summed E-state index contributed by atoms with van der Waals surface area (Å²) in [5.74, 6) is 0.463. The Morgan fingerprint density at radius 1 is 1.30 bits per heavy atom. The van der Waals surface area contributed by atoms with Crippen LogP contribution in [-0.4, -0.2) is 24.7 Å². The number of amides is 1. The van der Waals surface area contributed by atoms with Crippen LogP contribution in [0.25, 0.3) is 0 Å². The average Bonchev–Trinajstić information content (AvgIpc) is 2.55. The number of allylic oxidation sites excluding steroid dienone is 3. The van der Waals surface area contributed by atoms with Crippen LogP contribution in [0.2, 0.25) is 0 Å². The van der Waals surface area contributed by atoms with Crippen LogP contribution in [0.15, 0.2) is 42.5 Å². The highest BCUT2D eigenvalue weighted by Gasteiger charge is 2.03. The number of hydrogen-bond donors (Lipinski definition) is 2. The second-order valence-electron chi connectivity index (χ2n) is 5.33. The van der Waals surface area contributed by atoms with Crippen LogP contribution in [0.4, 0.5) is 0 Å². The molecular formula is C19H27NO3. The lowest BCUT2D eigenvalue weighted by molar-refractivity contribution is -0.116. The quantitative estimate of drug-likeness (QED) is 0.392. The first-order valence-electron chi connectivity index (χ1n) is 8.14. The largest absolute Gasteiger partial charge is 0.504 e. The lowest BCUT2D eigenvalue weighted by atomic mass is 10.1. The normalized spacial score (nSPS) is 11.2. The molecule has 0 saturated heterocycles. The van der Waals surface area contributed by atoms with Gasteiger partial charge in [0.1, 0.15) is 0 Å². The number of aromatic hydroxyl groups is 1. The van der Waals surface area contributed by atoms with E-state index in [4.69, 9.17) is 4.74 Å². The van der Waals surface area contributed by atoms with E-state index in [1.165, 1.54) is 32.4 Å². The van der Waals surface area contributed by atoms with E-state index >= 15 is 0 Å². The SMILES string of the molecule is CCCCCC=CC=CC(=O)NCCc1ccc(O)c(OC)c1. The first-order chi connectivity index (χ1) is 11.2. The third kappa shape index (κ3) is 8.10. The number of methoxy groups -OCH3 is 1. The molecule has 0 unspecified atom stereocenters. The Labute approximate surface area is 138 Å². The third-order valence-corrected chi connectivity index (χ3v) is 3.43. The Morgan fingerprint density at radius 3 is 2.87 bits per heavy atom. The number of carbonyl (C=O) groups is 1. The Morgan fingerprint density at radius 2 is 2.13 bits per heavy atom. The Bertz CT molecular complexity index is 535. The van der Waals surface area contributed by atoms with E-state index in [9.17, 15) is 9.90 Å². The van der Waals surface area contributed by atoms with Gasteiger partial charge in [0.15, 0.2) is 11.5 Å². The van der Waals surface area contributed by atoms with Gasteiger partial charge in [0, 0.05) is 12.6 Å². The molecule has 0 bridgehead atoms. The maximum Gasteiger partial charge on any atom is 0.243 e. The van der Waals surface area contributed by atoms with Crippen LogP contribution in [0.5, 0.6) is 11.5 Å². The molecule has 0 spiro atoms. The van der Waals surface area contributed by atoms with E-state index < -0.39 is 0 Å². The van der Waals surface area contributed by atoms with Crippen molar-refractivity contribution in [3.63, 3.8) is 0 Å². The van der Waals surface area contributed by atoms with E-state index in [0.29, 0.717) is 18.7 Å². The van der Waals surface area contributed by atoms with E-state index in [1.54, 1.807) is 18.2 Å². The van der Waals surface area contributed by atoms with Crippen molar-refractivity contribution in [1.29, 1.82) is 0 Å². The maximum atomic E-state index is 11.6. The highest BCUT2D eigenvalue weighted by atomic mass is 16.5. The molecule has 1 aromatic carbocycles. The molecule has 0 aliphatic heterocycles. The number of benzene rings is 1. The zero-order valence-electron chi connectivity index (χ0n) is 14.0. The van der Waals surface area contributed by atoms with Gasteiger partial charge in [-0.1, -0.05) is 44.1 Å². The van der Waals surface area contributed by atoms with Crippen molar-refractivity contribution < 1.29 is 14.6 Å². The highest BCUT2D eigenvalue weighted by molar-refractivity contribution is 5.87. The summed E-state index contributed by atoms with van der Waals surface area (Å²) in [6.07, 6.45) is 12.7. The second-order valence-corrected chi connectivity index (χ2v) is 5.33. The molecule has 126 valence electrons. The molecule has 4 nitrogen and oxygen atoms in total. The van der Waals surface area contributed by atoms with Crippen molar-refractivity contribution >= 4 is 5.91 Å². The zero-order chi connectivity index (χ0) is 16.9. The number of nitrogens with one attached hydrogen (secondary N) is 1. The Balaban J connectivity index is 2.26. The van der Waals surface area contributed by atoms with Crippen LogP contribution in [0, 0.1) is 0 Å². The van der Waals surface area contributed by atoms with Gasteiger partial charge in [0.25, 0.3) is 0 Å². The van der Waals surface area contributed by atoms with Gasteiger partial charge in [-0.05, 0) is 37.0 Å². The van der Waals surface area contributed by atoms with Crippen molar-refractivity contribution in [2.75, 3.05) is 13.7 Å².